The van der Waals surface area contributed by atoms with Gasteiger partial charge in [0.1, 0.15) is 0 Å². The summed E-state index contributed by atoms with van der Waals surface area (Å²) < 4.78 is 4.53. The highest BCUT2D eigenvalue weighted by Gasteiger charge is 2.16. The number of aromatic nitrogens is 1. The van der Waals surface area contributed by atoms with Crippen LogP contribution in [0.5, 0.6) is 0 Å². The van der Waals surface area contributed by atoms with Gasteiger partial charge in [0.05, 0.1) is 7.11 Å². The van der Waals surface area contributed by atoms with Crippen molar-refractivity contribution in [2.75, 3.05) is 25.5 Å². The van der Waals surface area contributed by atoms with Gasteiger partial charge in [0, 0.05) is 17.6 Å². The molecule has 1 fully saturated rings. The van der Waals surface area contributed by atoms with E-state index in [9.17, 15) is 4.79 Å². The maximum atomic E-state index is 11.0. The summed E-state index contributed by atoms with van der Waals surface area (Å²) in [6.07, 6.45) is 3.90. The average molecular weight is 269 g/mol. The molecule has 0 aromatic carbocycles. The Balaban J connectivity index is 1.84. The van der Waals surface area contributed by atoms with Crippen molar-refractivity contribution in [1.82, 2.24) is 9.88 Å². The third kappa shape index (κ3) is 3.68. The average Bonchev–Trinajstić information content (AvgIpc) is 2.79. The number of rotatable bonds is 3. The van der Waals surface area contributed by atoms with Crippen LogP contribution in [0.2, 0.25) is 0 Å². The molecule has 1 N–H and O–H groups in total. The Hall–Kier alpha value is -1.14. The number of amides is 1. The van der Waals surface area contributed by atoms with E-state index in [0.29, 0.717) is 5.13 Å². The maximum absolute atomic E-state index is 11.0. The van der Waals surface area contributed by atoms with E-state index in [1.807, 2.05) is 6.20 Å². The molecule has 1 amide bonds. The summed E-state index contributed by atoms with van der Waals surface area (Å²) in [7, 11) is 1.35. The highest BCUT2D eigenvalue weighted by molar-refractivity contribution is 7.15. The number of carbonyl (C=O) groups is 1. The van der Waals surface area contributed by atoms with E-state index in [1.54, 1.807) is 0 Å². The second kappa shape index (κ2) is 6.15. The standard InChI is InChI=1S/C12H19N3O2S/c1-9-3-5-15(6-4-9)8-10-7-13-11(18-10)14-12(16)17-2/h7,9H,3-6,8H2,1-2H3,(H,13,14,16). The maximum Gasteiger partial charge on any atom is 0.413 e. The molecule has 6 heteroatoms. The molecule has 0 atom stereocenters. The van der Waals surface area contributed by atoms with Gasteiger partial charge in [0.25, 0.3) is 0 Å². The number of nitrogens with one attached hydrogen (secondary N) is 1. The number of ether oxygens (including phenoxy) is 1. The first-order valence-electron chi connectivity index (χ1n) is 6.19. The van der Waals surface area contributed by atoms with E-state index < -0.39 is 6.09 Å². The van der Waals surface area contributed by atoms with Gasteiger partial charge in [-0.25, -0.2) is 9.78 Å². The van der Waals surface area contributed by atoms with Crippen molar-refractivity contribution in [2.45, 2.75) is 26.3 Å². The Morgan fingerprint density at radius 1 is 1.61 bits per heavy atom. The number of anilines is 1. The van der Waals surface area contributed by atoms with E-state index in [2.05, 4.69) is 26.9 Å². The smallest absolute Gasteiger partial charge is 0.413 e. The van der Waals surface area contributed by atoms with Crippen LogP contribution in [0.4, 0.5) is 9.93 Å². The first kappa shape index (κ1) is 13.3. The van der Waals surface area contributed by atoms with Gasteiger partial charge in [0.2, 0.25) is 0 Å². The van der Waals surface area contributed by atoms with E-state index in [4.69, 9.17) is 0 Å². The fourth-order valence-electron chi connectivity index (χ4n) is 2.02. The van der Waals surface area contributed by atoms with Crippen LogP contribution < -0.4 is 5.32 Å². The lowest BCUT2D eigenvalue weighted by Crippen LogP contribution is -2.32. The van der Waals surface area contributed by atoms with Crippen LogP contribution in [0.15, 0.2) is 6.20 Å². The first-order valence-corrected chi connectivity index (χ1v) is 7.01. The lowest BCUT2D eigenvalue weighted by molar-refractivity contribution is 0.186. The third-order valence-electron chi connectivity index (χ3n) is 3.20. The molecule has 1 aromatic rings. The van der Waals surface area contributed by atoms with Crippen molar-refractivity contribution >= 4 is 22.6 Å². The molecule has 1 aliphatic rings. The zero-order valence-corrected chi connectivity index (χ0v) is 11.6. The summed E-state index contributed by atoms with van der Waals surface area (Å²) in [5.41, 5.74) is 0. The van der Waals surface area contributed by atoms with E-state index in [1.165, 1.54) is 36.2 Å². The van der Waals surface area contributed by atoms with Crippen LogP contribution >= 0.6 is 11.3 Å². The van der Waals surface area contributed by atoms with Crippen molar-refractivity contribution < 1.29 is 9.53 Å². The highest BCUT2D eigenvalue weighted by Crippen LogP contribution is 2.23. The fraction of sp³-hybridized carbons (Fsp3) is 0.667. The largest absolute Gasteiger partial charge is 0.453 e. The minimum atomic E-state index is -0.470. The minimum Gasteiger partial charge on any atom is -0.453 e. The number of hydrogen-bond acceptors (Lipinski definition) is 5. The van der Waals surface area contributed by atoms with Gasteiger partial charge in [-0.2, -0.15) is 0 Å². The molecule has 2 heterocycles. The molecule has 1 saturated heterocycles. The second-order valence-corrected chi connectivity index (χ2v) is 5.82. The van der Waals surface area contributed by atoms with E-state index >= 15 is 0 Å². The van der Waals surface area contributed by atoms with Crippen molar-refractivity contribution in [3.05, 3.63) is 11.1 Å². The van der Waals surface area contributed by atoms with Crippen LogP contribution in [0.1, 0.15) is 24.6 Å². The van der Waals surface area contributed by atoms with E-state index in [-0.39, 0.29) is 0 Å². The third-order valence-corrected chi connectivity index (χ3v) is 4.10. The number of thiazole rings is 1. The van der Waals surface area contributed by atoms with Crippen LogP contribution in [-0.4, -0.2) is 36.2 Å². The van der Waals surface area contributed by atoms with Gasteiger partial charge in [-0.3, -0.25) is 10.2 Å². The molecular formula is C12H19N3O2S. The SMILES string of the molecule is COC(=O)Nc1ncc(CN2CCC(C)CC2)s1. The monoisotopic (exact) mass is 269 g/mol. The molecule has 100 valence electrons. The summed E-state index contributed by atoms with van der Waals surface area (Å²) >= 11 is 1.51. The predicted octanol–water partition coefficient (Wildman–Crippen LogP) is 2.55. The molecule has 5 nitrogen and oxygen atoms in total. The molecule has 0 radical (unpaired) electrons. The number of nitrogens with zero attached hydrogens (tertiary/aromatic N) is 2. The molecule has 18 heavy (non-hydrogen) atoms. The Bertz CT molecular complexity index is 400. The van der Waals surface area contributed by atoms with Gasteiger partial charge in [-0.05, 0) is 31.8 Å². The number of carbonyl (C=O) groups excluding carboxylic acids is 1. The lowest BCUT2D eigenvalue weighted by Gasteiger charge is -2.29. The molecule has 0 bridgehead atoms. The Kier molecular flexibility index (Phi) is 4.54. The molecule has 2 rings (SSSR count). The predicted molar refractivity (Wildman–Crippen MR) is 71.8 cm³/mol. The molecule has 0 spiro atoms. The van der Waals surface area contributed by atoms with Gasteiger partial charge in [0.15, 0.2) is 5.13 Å². The normalized spacial score (nSPS) is 17.7. The van der Waals surface area contributed by atoms with Crippen molar-refractivity contribution in [3.8, 4) is 0 Å². The van der Waals surface area contributed by atoms with Gasteiger partial charge in [-0.15, -0.1) is 11.3 Å². The number of piperidine rings is 1. The summed E-state index contributed by atoms with van der Waals surface area (Å²) in [5.74, 6) is 0.847. The summed E-state index contributed by atoms with van der Waals surface area (Å²) in [6.45, 7) is 5.54. The summed E-state index contributed by atoms with van der Waals surface area (Å²) in [4.78, 5) is 18.8. The fourth-order valence-corrected chi connectivity index (χ4v) is 2.86. The van der Waals surface area contributed by atoms with Crippen LogP contribution in [-0.2, 0) is 11.3 Å². The van der Waals surface area contributed by atoms with Crippen LogP contribution in [0.3, 0.4) is 0 Å². The number of likely N-dealkylation sites (tertiary alicyclic amines) is 1. The zero-order valence-electron chi connectivity index (χ0n) is 10.8. The molecule has 1 aromatic heterocycles. The zero-order chi connectivity index (χ0) is 13.0. The number of methoxy groups -OCH3 is 1. The summed E-state index contributed by atoms with van der Waals surface area (Å²) in [5, 5.41) is 3.18. The minimum absolute atomic E-state index is 0.470. The van der Waals surface area contributed by atoms with E-state index in [0.717, 1.165) is 25.6 Å². The molecular weight excluding hydrogens is 250 g/mol. The van der Waals surface area contributed by atoms with Crippen LogP contribution in [0, 0.1) is 5.92 Å². The Morgan fingerprint density at radius 3 is 3.00 bits per heavy atom. The lowest BCUT2D eigenvalue weighted by atomic mass is 9.99. The second-order valence-electron chi connectivity index (χ2n) is 4.71. The van der Waals surface area contributed by atoms with Crippen molar-refractivity contribution in [1.29, 1.82) is 0 Å². The van der Waals surface area contributed by atoms with Gasteiger partial charge < -0.3 is 4.74 Å². The molecule has 1 aliphatic heterocycles. The quantitative estimate of drug-likeness (QED) is 0.916. The topological polar surface area (TPSA) is 54.5 Å². The summed E-state index contributed by atoms with van der Waals surface area (Å²) in [6, 6.07) is 0. The van der Waals surface area contributed by atoms with Gasteiger partial charge in [-0.1, -0.05) is 6.92 Å². The van der Waals surface area contributed by atoms with Crippen LogP contribution in [0.25, 0.3) is 0 Å². The molecule has 0 aliphatic carbocycles. The molecule has 0 unspecified atom stereocenters. The highest BCUT2D eigenvalue weighted by atomic mass is 32.1. The Morgan fingerprint density at radius 2 is 2.33 bits per heavy atom. The van der Waals surface area contributed by atoms with Gasteiger partial charge >= 0.3 is 6.09 Å². The Labute approximate surface area is 111 Å². The van der Waals surface area contributed by atoms with Crippen molar-refractivity contribution in [2.24, 2.45) is 5.92 Å². The first-order chi connectivity index (χ1) is 8.67. The van der Waals surface area contributed by atoms with Crippen molar-refractivity contribution in [3.63, 3.8) is 0 Å². The number of hydrogen-bond donors (Lipinski definition) is 1. The molecule has 0 saturated carbocycles.